The molecule has 0 radical (unpaired) electrons. The minimum Gasteiger partial charge on any atom is -0.333 e. The quantitative estimate of drug-likeness (QED) is 0.805. The highest BCUT2D eigenvalue weighted by molar-refractivity contribution is 8.15. The first-order chi connectivity index (χ1) is 8.69. The van der Waals surface area contributed by atoms with Gasteiger partial charge in [-0.1, -0.05) is 37.9 Å². The number of urea groups is 1. The van der Waals surface area contributed by atoms with E-state index < -0.39 is 0 Å². The number of amides is 3. The van der Waals surface area contributed by atoms with Gasteiger partial charge in [-0.05, 0) is 19.3 Å². The van der Waals surface area contributed by atoms with Gasteiger partial charge in [0.25, 0.3) is 0 Å². The normalized spacial score (nSPS) is 27.3. The molecular weight excluding hydrogens is 250 g/mol. The molecule has 3 amide bonds. The molecule has 2 fully saturated rings. The van der Waals surface area contributed by atoms with Crippen LogP contribution in [0.25, 0.3) is 0 Å². The second-order valence-corrected chi connectivity index (χ2v) is 5.90. The zero-order valence-electron chi connectivity index (χ0n) is 10.6. The van der Waals surface area contributed by atoms with Gasteiger partial charge in [-0.15, -0.1) is 0 Å². The summed E-state index contributed by atoms with van der Waals surface area (Å²) in [4.78, 5) is 27.1. The lowest BCUT2D eigenvalue weighted by atomic mass is 9.96. The van der Waals surface area contributed by atoms with Crippen LogP contribution in [0.3, 0.4) is 0 Å². The van der Waals surface area contributed by atoms with E-state index in [1.54, 1.807) is 0 Å². The predicted octanol–water partition coefficient (Wildman–Crippen LogP) is 2.03. The molecule has 2 N–H and O–H groups in total. The third-order valence-electron chi connectivity index (χ3n) is 3.28. The molecule has 0 bridgehead atoms. The zero-order valence-corrected chi connectivity index (χ0v) is 11.4. The number of amidine groups is 1. The number of rotatable bonds is 2. The molecule has 18 heavy (non-hydrogen) atoms. The van der Waals surface area contributed by atoms with Crippen molar-refractivity contribution in [3.8, 4) is 0 Å². The van der Waals surface area contributed by atoms with Crippen LogP contribution >= 0.6 is 11.8 Å². The summed E-state index contributed by atoms with van der Waals surface area (Å²) in [7, 11) is 0. The molecular formula is C12H19N3O2S. The van der Waals surface area contributed by atoms with Crippen LogP contribution in [0.15, 0.2) is 4.99 Å². The Morgan fingerprint density at radius 2 is 2.17 bits per heavy atom. The lowest BCUT2D eigenvalue weighted by Gasteiger charge is -2.21. The van der Waals surface area contributed by atoms with Gasteiger partial charge in [0.1, 0.15) is 0 Å². The molecule has 1 saturated carbocycles. The number of carbonyl (C=O) groups is 2. The van der Waals surface area contributed by atoms with Gasteiger partial charge in [0.2, 0.25) is 5.91 Å². The average molecular weight is 269 g/mol. The molecule has 0 unspecified atom stereocenters. The van der Waals surface area contributed by atoms with E-state index in [9.17, 15) is 9.59 Å². The van der Waals surface area contributed by atoms with Gasteiger partial charge < -0.3 is 10.6 Å². The summed E-state index contributed by atoms with van der Waals surface area (Å²) in [5.74, 6) is -0.0493. The molecule has 1 aliphatic heterocycles. The molecule has 2 aliphatic rings. The summed E-state index contributed by atoms with van der Waals surface area (Å²) in [5, 5.41) is 5.86. The largest absolute Gasteiger partial charge is 0.343 e. The van der Waals surface area contributed by atoms with Crippen LogP contribution in [0.2, 0.25) is 0 Å². The maximum atomic E-state index is 11.7. The number of nitrogens with zero attached hydrogens (tertiary/aromatic N) is 1. The minimum atomic E-state index is -0.332. The summed E-state index contributed by atoms with van der Waals surface area (Å²) in [6.07, 6.45) is 6.42. The fourth-order valence-corrected chi connectivity index (χ4v) is 3.17. The molecule has 100 valence electrons. The maximum absolute atomic E-state index is 11.7. The molecule has 1 aliphatic carbocycles. The first-order valence-electron chi connectivity index (χ1n) is 6.55. The van der Waals surface area contributed by atoms with E-state index in [1.807, 2.05) is 6.92 Å². The highest BCUT2D eigenvalue weighted by Crippen LogP contribution is 2.22. The van der Waals surface area contributed by atoms with Crippen molar-refractivity contribution in [3.05, 3.63) is 0 Å². The second kappa shape index (κ2) is 6.22. The Bertz CT molecular complexity index is 364. The van der Waals surface area contributed by atoms with E-state index >= 15 is 0 Å². The Morgan fingerprint density at radius 1 is 1.44 bits per heavy atom. The summed E-state index contributed by atoms with van der Waals surface area (Å²) in [6.45, 7) is 1.95. The fourth-order valence-electron chi connectivity index (χ4n) is 2.27. The minimum absolute atomic E-state index is 0.0493. The molecule has 0 aromatic heterocycles. The Kier molecular flexibility index (Phi) is 4.63. The molecule has 6 heteroatoms. The zero-order chi connectivity index (χ0) is 13.0. The Balaban J connectivity index is 1.85. The fraction of sp³-hybridized carbons (Fsp3) is 0.750. The SMILES string of the molecule is CC[C@H]1S/C(=N\C(=O)NC2CCCCC2)NC1=O. The number of aliphatic imine (C=N–C) groups is 1. The van der Waals surface area contributed by atoms with E-state index in [4.69, 9.17) is 0 Å². The maximum Gasteiger partial charge on any atom is 0.343 e. The number of carbonyl (C=O) groups excluding carboxylic acids is 2. The second-order valence-electron chi connectivity index (χ2n) is 4.71. The highest BCUT2D eigenvalue weighted by Gasteiger charge is 2.29. The van der Waals surface area contributed by atoms with Crippen LogP contribution in [0.5, 0.6) is 0 Å². The van der Waals surface area contributed by atoms with E-state index in [0.717, 1.165) is 19.3 Å². The summed E-state index contributed by atoms with van der Waals surface area (Å²) >= 11 is 1.34. The van der Waals surface area contributed by atoms with Crippen molar-refractivity contribution < 1.29 is 9.59 Å². The van der Waals surface area contributed by atoms with Crippen molar-refractivity contribution in [2.24, 2.45) is 4.99 Å². The van der Waals surface area contributed by atoms with Crippen LogP contribution in [0.4, 0.5) is 4.79 Å². The Labute approximate surface area is 111 Å². The molecule has 1 saturated heterocycles. The molecule has 0 spiro atoms. The first-order valence-corrected chi connectivity index (χ1v) is 7.43. The van der Waals surface area contributed by atoms with Gasteiger partial charge in [-0.3, -0.25) is 4.79 Å². The van der Waals surface area contributed by atoms with Crippen LogP contribution in [0.1, 0.15) is 45.4 Å². The number of hydrogen-bond acceptors (Lipinski definition) is 3. The standard InChI is InChI=1S/C12H19N3O2S/c1-2-9-10(16)14-12(18-9)15-11(17)13-8-6-4-3-5-7-8/h8-9H,2-7H2,1H3,(H2,13,14,15,16,17)/t9-/m1/s1. The van der Waals surface area contributed by atoms with Crippen LogP contribution < -0.4 is 10.6 Å². The number of nitrogens with one attached hydrogen (secondary N) is 2. The van der Waals surface area contributed by atoms with Crippen molar-refractivity contribution in [1.82, 2.24) is 10.6 Å². The monoisotopic (exact) mass is 269 g/mol. The number of thioether (sulfide) groups is 1. The van der Waals surface area contributed by atoms with Crippen LogP contribution in [-0.2, 0) is 4.79 Å². The van der Waals surface area contributed by atoms with E-state index in [1.165, 1.54) is 31.0 Å². The molecule has 1 atom stereocenters. The van der Waals surface area contributed by atoms with Crippen LogP contribution in [-0.4, -0.2) is 28.4 Å². The summed E-state index contributed by atoms with van der Waals surface area (Å²) < 4.78 is 0. The third kappa shape index (κ3) is 3.48. The van der Waals surface area contributed by atoms with Gasteiger partial charge in [0, 0.05) is 6.04 Å². The van der Waals surface area contributed by atoms with Crippen molar-refractivity contribution >= 4 is 28.9 Å². The van der Waals surface area contributed by atoms with E-state index in [-0.39, 0.29) is 23.2 Å². The van der Waals surface area contributed by atoms with Gasteiger partial charge in [0.05, 0.1) is 5.25 Å². The first kappa shape index (κ1) is 13.4. The van der Waals surface area contributed by atoms with Crippen LogP contribution in [0, 0.1) is 0 Å². The van der Waals surface area contributed by atoms with Crippen molar-refractivity contribution in [1.29, 1.82) is 0 Å². The Morgan fingerprint density at radius 3 is 2.78 bits per heavy atom. The lowest BCUT2D eigenvalue weighted by molar-refractivity contribution is -0.118. The Hall–Kier alpha value is -1.04. The van der Waals surface area contributed by atoms with Gasteiger partial charge >= 0.3 is 6.03 Å². The molecule has 1 heterocycles. The van der Waals surface area contributed by atoms with E-state index in [0.29, 0.717) is 5.17 Å². The van der Waals surface area contributed by atoms with Crippen molar-refractivity contribution in [2.45, 2.75) is 56.7 Å². The highest BCUT2D eigenvalue weighted by atomic mass is 32.2. The molecule has 0 aromatic carbocycles. The van der Waals surface area contributed by atoms with E-state index in [2.05, 4.69) is 15.6 Å². The van der Waals surface area contributed by atoms with Crippen molar-refractivity contribution in [3.63, 3.8) is 0 Å². The van der Waals surface area contributed by atoms with Gasteiger partial charge in [-0.25, -0.2) is 4.79 Å². The lowest BCUT2D eigenvalue weighted by Crippen LogP contribution is -2.35. The van der Waals surface area contributed by atoms with Gasteiger partial charge in [-0.2, -0.15) is 4.99 Å². The molecule has 2 rings (SSSR count). The predicted molar refractivity (Wildman–Crippen MR) is 72.7 cm³/mol. The van der Waals surface area contributed by atoms with Crippen molar-refractivity contribution in [2.75, 3.05) is 0 Å². The summed E-state index contributed by atoms with van der Waals surface area (Å²) in [5.41, 5.74) is 0. The third-order valence-corrected chi connectivity index (χ3v) is 4.53. The smallest absolute Gasteiger partial charge is 0.333 e. The summed E-state index contributed by atoms with van der Waals surface area (Å²) in [6, 6.07) is -0.0823. The molecule has 0 aromatic rings. The average Bonchev–Trinajstić information content (AvgIpc) is 2.70. The topological polar surface area (TPSA) is 70.6 Å². The molecule has 5 nitrogen and oxygen atoms in total. The van der Waals surface area contributed by atoms with Gasteiger partial charge in [0.15, 0.2) is 5.17 Å². The number of hydrogen-bond donors (Lipinski definition) is 2.